The van der Waals surface area contributed by atoms with Gasteiger partial charge < -0.3 is 10.3 Å². The van der Waals surface area contributed by atoms with Crippen LogP contribution in [0.5, 0.6) is 0 Å². The third-order valence-corrected chi connectivity index (χ3v) is 3.54. The summed E-state index contributed by atoms with van der Waals surface area (Å²) in [5.74, 6) is 0.349. The summed E-state index contributed by atoms with van der Waals surface area (Å²) in [5, 5.41) is 6.07. The van der Waals surface area contributed by atoms with Crippen molar-refractivity contribution in [2.24, 2.45) is 0 Å². The molecule has 3 rings (SSSR count). The molecular formula is C13H11N3OS. The molecule has 0 aromatic carbocycles. The fourth-order valence-corrected chi connectivity index (χ4v) is 2.63. The Kier molecular flexibility index (Phi) is 2.60. The molecule has 0 fully saturated rings. The maximum Gasteiger partial charge on any atom is 0.231 e. The summed E-state index contributed by atoms with van der Waals surface area (Å²) in [6, 6.07) is 7.86. The molecular weight excluding hydrogens is 246 g/mol. The van der Waals surface area contributed by atoms with Gasteiger partial charge in [-0.25, -0.2) is 0 Å². The van der Waals surface area contributed by atoms with Crippen LogP contribution >= 0.6 is 11.3 Å². The van der Waals surface area contributed by atoms with Crippen molar-refractivity contribution in [2.45, 2.75) is 6.92 Å². The normalized spacial score (nSPS) is 10.7. The number of nitrogen functional groups attached to an aromatic ring is 1. The Morgan fingerprint density at radius 3 is 2.94 bits per heavy atom. The third kappa shape index (κ3) is 1.78. The number of anilines is 1. The van der Waals surface area contributed by atoms with E-state index in [2.05, 4.69) is 10.1 Å². The molecule has 0 saturated heterocycles. The largest absolute Gasteiger partial charge is 0.367 e. The fourth-order valence-electron chi connectivity index (χ4n) is 1.85. The molecule has 2 N–H and O–H groups in total. The van der Waals surface area contributed by atoms with Crippen LogP contribution in [0.25, 0.3) is 21.7 Å². The Balaban J connectivity index is 2.20. The van der Waals surface area contributed by atoms with E-state index in [0.29, 0.717) is 5.88 Å². The van der Waals surface area contributed by atoms with Gasteiger partial charge in [0.15, 0.2) is 0 Å². The zero-order valence-corrected chi connectivity index (χ0v) is 10.6. The first-order valence-electron chi connectivity index (χ1n) is 5.48. The molecule has 0 aliphatic rings. The summed E-state index contributed by atoms with van der Waals surface area (Å²) in [4.78, 5) is 5.23. The van der Waals surface area contributed by atoms with E-state index in [1.165, 1.54) is 0 Å². The minimum Gasteiger partial charge on any atom is -0.367 e. The van der Waals surface area contributed by atoms with Crippen molar-refractivity contribution in [3.8, 4) is 21.7 Å². The number of thiophene rings is 1. The molecule has 0 saturated carbocycles. The van der Waals surface area contributed by atoms with Gasteiger partial charge in [0.1, 0.15) is 5.69 Å². The average Bonchev–Trinajstić information content (AvgIpc) is 2.97. The molecule has 0 aliphatic carbocycles. The summed E-state index contributed by atoms with van der Waals surface area (Å²) in [6.45, 7) is 1.94. The fraction of sp³-hybridized carbons (Fsp3) is 0.0769. The molecule has 0 spiro atoms. The number of rotatable bonds is 2. The molecule has 90 valence electrons. The van der Waals surface area contributed by atoms with E-state index in [4.69, 9.17) is 10.3 Å². The van der Waals surface area contributed by atoms with E-state index < -0.39 is 0 Å². The number of nitrogens with two attached hydrogens (primary N) is 1. The number of aryl methyl sites for hydroxylation is 1. The smallest absolute Gasteiger partial charge is 0.231 e. The standard InChI is InChI=1S/C13H11N3OS/c1-8-7-9(4-5-15-8)12-11(13(14)17-16-12)10-3-2-6-18-10/h2-7H,14H2,1H3. The number of hydrogen-bond acceptors (Lipinski definition) is 5. The van der Waals surface area contributed by atoms with E-state index in [9.17, 15) is 0 Å². The molecule has 5 heteroatoms. The second-order valence-corrected chi connectivity index (χ2v) is 4.88. The van der Waals surface area contributed by atoms with Crippen molar-refractivity contribution in [1.29, 1.82) is 0 Å². The molecule has 4 nitrogen and oxygen atoms in total. The van der Waals surface area contributed by atoms with Crippen molar-refractivity contribution < 1.29 is 4.52 Å². The summed E-state index contributed by atoms with van der Waals surface area (Å²) in [5.41, 5.74) is 9.39. The topological polar surface area (TPSA) is 64.9 Å². The Morgan fingerprint density at radius 2 is 2.22 bits per heavy atom. The van der Waals surface area contributed by atoms with Crippen LogP contribution in [0.4, 0.5) is 5.88 Å². The van der Waals surface area contributed by atoms with Gasteiger partial charge in [0.05, 0.1) is 5.56 Å². The molecule has 0 aliphatic heterocycles. The van der Waals surface area contributed by atoms with Crippen molar-refractivity contribution in [1.82, 2.24) is 10.1 Å². The molecule has 18 heavy (non-hydrogen) atoms. The van der Waals surface area contributed by atoms with Gasteiger partial charge in [-0.05, 0) is 30.5 Å². The first kappa shape index (κ1) is 11.0. The summed E-state index contributed by atoms with van der Waals surface area (Å²) in [7, 11) is 0. The molecule has 0 bridgehead atoms. The van der Waals surface area contributed by atoms with Crippen LogP contribution in [0.3, 0.4) is 0 Å². The van der Waals surface area contributed by atoms with Crippen LogP contribution in [0.15, 0.2) is 40.4 Å². The number of pyridine rings is 1. The first-order chi connectivity index (χ1) is 8.75. The minimum absolute atomic E-state index is 0.349. The molecule has 0 amide bonds. The second kappa shape index (κ2) is 4.27. The zero-order chi connectivity index (χ0) is 12.5. The lowest BCUT2D eigenvalue weighted by Crippen LogP contribution is -1.87. The van der Waals surface area contributed by atoms with Crippen molar-refractivity contribution in [3.05, 3.63) is 41.5 Å². The first-order valence-corrected chi connectivity index (χ1v) is 6.35. The van der Waals surface area contributed by atoms with Gasteiger partial charge in [-0.1, -0.05) is 11.2 Å². The minimum atomic E-state index is 0.349. The van der Waals surface area contributed by atoms with Gasteiger partial charge in [0.25, 0.3) is 0 Å². The van der Waals surface area contributed by atoms with Crippen molar-refractivity contribution in [3.63, 3.8) is 0 Å². The van der Waals surface area contributed by atoms with Gasteiger partial charge in [0.2, 0.25) is 5.88 Å². The summed E-state index contributed by atoms with van der Waals surface area (Å²) < 4.78 is 5.13. The van der Waals surface area contributed by atoms with Crippen LogP contribution in [0, 0.1) is 6.92 Å². The number of aromatic nitrogens is 2. The van der Waals surface area contributed by atoms with E-state index in [1.54, 1.807) is 17.5 Å². The van der Waals surface area contributed by atoms with E-state index >= 15 is 0 Å². The Labute approximate surface area is 108 Å². The molecule has 0 radical (unpaired) electrons. The second-order valence-electron chi connectivity index (χ2n) is 3.93. The lowest BCUT2D eigenvalue weighted by molar-refractivity contribution is 0.439. The van der Waals surface area contributed by atoms with Crippen LogP contribution in [0.2, 0.25) is 0 Å². The van der Waals surface area contributed by atoms with Crippen LogP contribution in [-0.2, 0) is 0 Å². The molecule has 3 aromatic rings. The quantitative estimate of drug-likeness (QED) is 0.764. The lowest BCUT2D eigenvalue weighted by atomic mass is 10.1. The maximum atomic E-state index is 5.87. The van der Waals surface area contributed by atoms with E-state index in [1.807, 2.05) is 36.6 Å². The van der Waals surface area contributed by atoms with E-state index in [0.717, 1.165) is 27.4 Å². The zero-order valence-electron chi connectivity index (χ0n) is 9.75. The summed E-state index contributed by atoms with van der Waals surface area (Å²) >= 11 is 1.61. The highest BCUT2D eigenvalue weighted by Gasteiger charge is 2.18. The SMILES string of the molecule is Cc1cc(-c2noc(N)c2-c2cccs2)ccn1. The molecule has 0 atom stereocenters. The average molecular weight is 257 g/mol. The van der Waals surface area contributed by atoms with Crippen LogP contribution < -0.4 is 5.73 Å². The highest BCUT2D eigenvalue weighted by molar-refractivity contribution is 7.13. The third-order valence-electron chi connectivity index (χ3n) is 2.66. The summed E-state index contributed by atoms with van der Waals surface area (Å²) in [6.07, 6.45) is 1.76. The highest BCUT2D eigenvalue weighted by Crippen LogP contribution is 2.38. The van der Waals surface area contributed by atoms with E-state index in [-0.39, 0.29) is 0 Å². The highest BCUT2D eigenvalue weighted by atomic mass is 32.1. The molecule has 3 aromatic heterocycles. The predicted octanol–water partition coefficient (Wildman–Crippen LogP) is 3.36. The number of nitrogens with zero attached hydrogens (tertiary/aromatic N) is 2. The maximum absolute atomic E-state index is 5.87. The van der Waals surface area contributed by atoms with Gasteiger partial charge >= 0.3 is 0 Å². The monoisotopic (exact) mass is 257 g/mol. The van der Waals surface area contributed by atoms with Gasteiger partial charge in [-0.3, -0.25) is 4.98 Å². The Morgan fingerprint density at radius 1 is 1.33 bits per heavy atom. The lowest BCUT2D eigenvalue weighted by Gasteiger charge is -2.00. The molecule has 0 unspecified atom stereocenters. The predicted molar refractivity (Wildman–Crippen MR) is 72.2 cm³/mol. The van der Waals surface area contributed by atoms with Gasteiger partial charge in [0, 0.05) is 22.3 Å². The Bertz CT molecular complexity index is 673. The van der Waals surface area contributed by atoms with Gasteiger partial charge in [-0.15, -0.1) is 11.3 Å². The van der Waals surface area contributed by atoms with Crippen LogP contribution in [0.1, 0.15) is 5.69 Å². The molecule has 3 heterocycles. The number of hydrogen-bond donors (Lipinski definition) is 1. The van der Waals surface area contributed by atoms with Crippen molar-refractivity contribution >= 4 is 17.2 Å². The van der Waals surface area contributed by atoms with Crippen molar-refractivity contribution in [2.75, 3.05) is 5.73 Å². The van der Waals surface area contributed by atoms with Gasteiger partial charge in [-0.2, -0.15) is 0 Å². The Hall–Kier alpha value is -2.14. The van der Waals surface area contributed by atoms with Crippen LogP contribution in [-0.4, -0.2) is 10.1 Å².